The highest BCUT2D eigenvalue weighted by Gasteiger charge is 2.29. The largest absolute Gasteiger partial charge is 0.326 e. The summed E-state index contributed by atoms with van der Waals surface area (Å²) in [5, 5.41) is 5.64. The zero-order valence-electron chi connectivity index (χ0n) is 11.7. The lowest BCUT2D eigenvalue weighted by molar-refractivity contribution is -0.117. The van der Waals surface area contributed by atoms with Gasteiger partial charge in [-0.05, 0) is 35.7 Å². The zero-order valence-corrected chi connectivity index (χ0v) is 11.7. The van der Waals surface area contributed by atoms with Gasteiger partial charge in [-0.25, -0.2) is 0 Å². The summed E-state index contributed by atoms with van der Waals surface area (Å²) in [6.07, 6.45) is 0.656. The number of para-hydroxylation sites is 1. The third-order valence-electron chi connectivity index (χ3n) is 3.62. The van der Waals surface area contributed by atoms with Gasteiger partial charge >= 0.3 is 0 Å². The van der Waals surface area contributed by atoms with Crippen LogP contribution in [0.4, 0.5) is 11.4 Å². The van der Waals surface area contributed by atoms with Crippen molar-refractivity contribution >= 4 is 23.2 Å². The minimum atomic E-state index is -0.146. The highest BCUT2D eigenvalue weighted by molar-refractivity contribution is 6.03. The molecule has 4 heteroatoms. The summed E-state index contributed by atoms with van der Waals surface area (Å²) in [6.45, 7) is 1.48. The number of carbonyl (C=O) groups excluding carboxylic acids is 2. The average molecular weight is 280 g/mol. The van der Waals surface area contributed by atoms with Gasteiger partial charge in [0.1, 0.15) is 0 Å². The minimum Gasteiger partial charge on any atom is -0.326 e. The van der Waals surface area contributed by atoms with Crippen LogP contribution in [0, 0.1) is 0 Å². The molecule has 0 aliphatic carbocycles. The number of rotatable bonds is 3. The molecule has 2 aromatic rings. The molecule has 0 fully saturated rings. The number of fused-ring (bicyclic) bond motifs is 1. The maximum atomic E-state index is 12.1. The van der Waals surface area contributed by atoms with E-state index >= 15 is 0 Å². The number of benzene rings is 2. The molecule has 2 aromatic carbocycles. The average Bonchev–Trinajstić information content (AvgIpc) is 2.77. The number of carbonyl (C=O) groups is 2. The van der Waals surface area contributed by atoms with Gasteiger partial charge in [0.15, 0.2) is 0 Å². The van der Waals surface area contributed by atoms with Crippen molar-refractivity contribution in [3.05, 3.63) is 59.7 Å². The third kappa shape index (κ3) is 2.79. The van der Waals surface area contributed by atoms with Crippen molar-refractivity contribution in [2.24, 2.45) is 0 Å². The van der Waals surface area contributed by atoms with E-state index in [2.05, 4.69) is 10.6 Å². The van der Waals surface area contributed by atoms with Crippen LogP contribution < -0.4 is 10.6 Å². The van der Waals surface area contributed by atoms with E-state index in [1.807, 2.05) is 48.5 Å². The molecule has 21 heavy (non-hydrogen) atoms. The van der Waals surface area contributed by atoms with Crippen molar-refractivity contribution in [2.75, 3.05) is 10.6 Å². The maximum Gasteiger partial charge on any atom is 0.232 e. The Balaban J connectivity index is 1.78. The fraction of sp³-hybridized carbons (Fsp3) is 0.176. The minimum absolute atomic E-state index is 0.0436. The molecule has 0 saturated heterocycles. The van der Waals surface area contributed by atoms with E-state index in [0.717, 1.165) is 22.5 Å². The van der Waals surface area contributed by atoms with Gasteiger partial charge in [0.05, 0.1) is 5.92 Å². The predicted octanol–water partition coefficient (Wildman–Crippen LogP) is 2.92. The summed E-state index contributed by atoms with van der Waals surface area (Å²) in [7, 11) is 0. The first-order valence-corrected chi connectivity index (χ1v) is 6.90. The molecule has 2 N–H and O–H groups in total. The van der Waals surface area contributed by atoms with Crippen molar-refractivity contribution < 1.29 is 9.59 Å². The van der Waals surface area contributed by atoms with Gasteiger partial charge in [0.25, 0.3) is 0 Å². The number of hydrogen-bond donors (Lipinski definition) is 2. The molecule has 0 saturated carbocycles. The molecule has 0 radical (unpaired) electrons. The van der Waals surface area contributed by atoms with Crippen LogP contribution in [-0.4, -0.2) is 11.8 Å². The lowest BCUT2D eigenvalue weighted by Crippen LogP contribution is -2.14. The van der Waals surface area contributed by atoms with Gasteiger partial charge in [-0.15, -0.1) is 0 Å². The summed E-state index contributed by atoms with van der Waals surface area (Å²) in [4.78, 5) is 23.1. The van der Waals surface area contributed by atoms with Crippen LogP contribution in [0.25, 0.3) is 0 Å². The van der Waals surface area contributed by atoms with Gasteiger partial charge in [-0.3, -0.25) is 9.59 Å². The van der Waals surface area contributed by atoms with Gasteiger partial charge in [-0.1, -0.05) is 30.3 Å². The number of nitrogens with one attached hydrogen (secondary N) is 2. The molecule has 4 nitrogen and oxygen atoms in total. The highest BCUT2D eigenvalue weighted by Crippen LogP contribution is 2.34. The summed E-state index contributed by atoms with van der Waals surface area (Å²) < 4.78 is 0. The third-order valence-corrected chi connectivity index (χ3v) is 3.62. The molecule has 1 atom stereocenters. The molecule has 0 spiro atoms. The summed E-state index contributed by atoms with van der Waals surface area (Å²) in [5.74, 6) is -0.193. The van der Waals surface area contributed by atoms with Gasteiger partial charge in [0, 0.05) is 18.3 Å². The Labute approximate surface area is 123 Å². The maximum absolute atomic E-state index is 12.1. The van der Waals surface area contributed by atoms with E-state index in [-0.39, 0.29) is 17.7 Å². The molecule has 0 bridgehead atoms. The van der Waals surface area contributed by atoms with Crippen molar-refractivity contribution in [1.29, 1.82) is 0 Å². The molecule has 1 heterocycles. The standard InChI is InChI=1S/C17H16N2O2/c1-11(20)18-13-8-6-12(7-9-13)10-15-14-4-2-3-5-16(14)19-17(15)21/h2-9,15H,10H2,1H3,(H,18,20)(H,19,21). The highest BCUT2D eigenvalue weighted by atomic mass is 16.2. The van der Waals surface area contributed by atoms with Crippen LogP contribution in [-0.2, 0) is 16.0 Å². The summed E-state index contributed by atoms with van der Waals surface area (Å²) >= 11 is 0. The second-order valence-corrected chi connectivity index (χ2v) is 5.21. The SMILES string of the molecule is CC(=O)Nc1ccc(CC2C(=O)Nc3ccccc32)cc1. The first kappa shape index (κ1) is 13.4. The fourth-order valence-electron chi connectivity index (χ4n) is 2.64. The Kier molecular flexibility index (Phi) is 3.44. The van der Waals surface area contributed by atoms with Crippen LogP contribution in [0.1, 0.15) is 24.0 Å². The Morgan fingerprint density at radius 2 is 1.86 bits per heavy atom. The van der Waals surface area contributed by atoms with Gasteiger partial charge in [0.2, 0.25) is 11.8 Å². The Bertz CT molecular complexity index is 692. The van der Waals surface area contributed by atoms with Crippen molar-refractivity contribution in [3.63, 3.8) is 0 Å². The molecule has 106 valence electrons. The first-order valence-electron chi connectivity index (χ1n) is 6.90. The topological polar surface area (TPSA) is 58.2 Å². The smallest absolute Gasteiger partial charge is 0.232 e. The predicted molar refractivity (Wildman–Crippen MR) is 82.3 cm³/mol. The van der Waals surface area contributed by atoms with E-state index in [1.54, 1.807) is 0 Å². The molecular weight excluding hydrogens is 264 g/mol. The summed E-state index contributed by atoms with van der Waals surface area (Å²) in [5.41, 5.74) is 3.79. The van der Waals surface area contributed by atoms with Gasteiger partial charge in [-0.2, -0.15) is 0 Å². The zero-order chi connectivity index (χ0) is 14.8. The Morgan fingerprint density at radius 1 is 1.14 bits per heavy atom. The van der Waals surface area contributed by atoms with E-state index in [4.69, 9.17) is 0 Å². The molecule has 1 aliphatic rings. The molecule has 2 amide bonds. The van der Waals surface area contributed by atoms with Gasteiger partial charge < -0.3 is 10.6 Å². The van der Waals surface area contributed by atoms with Crippen molar-refractivity contribution in [1.82, 2.24) is 0 Å². The molecular formula is C17H16N2O2. The number of anilines is 2. The normalized spacial score (nSPS) is 16.2. The van der Waals surface area contributed by atoms with Crippen LogP contribution >= 0.6 is 0 Å². The van der Waals surface area contributed by atoms with Crippen molar-refractivity contribution in [2.45, 2.75) is 19.3 Å². The van der Waals surface area contributed by atoms with Crippen LogP contribution in [0.5, 0.6) is 0 Å². The second-order valence-electron chi connectivity index (χ2n) is 5.21. The lowest BCUT2D eigenvalue weighted by atomic mass is 9.93. The first-order chi connectivity index (χ1) is 10.1. The molecule has 0 aromatic heterocycles. The number of hydrogen-bond acceptors (Lipinski definition) is 2. The Morgan fingerprint density at radius 3 is 2.57 bits per heavy atom. The Hall–Kier alpha value is -2.62. The van der Waals surface area contributed by atoms with Crippen LogP contribution in [0.2, 0.25) is 0 Å². The monoisotopic (exact) mass is 280 g/mol. The molecule has 1 unspecified atom stereocenters. The summed E-state index contributed by atoms with van der Waals surface area (Å²) in [6, 6.07) is 15.4. The van der Waals surface area contributed by atoms with Crippen LogP contribution in [0.15, 0.2) is 48.5 Å². The molecule has 1 aliphatic heterocycles. The van der Waals surface area contributed by atoms with E-state index < -0.39 is 0 Å². The van der Waals surface area contributed by atoms with Crippen molar-refractivity contribution in [3.8, 4) is 0 Å². The fourth-order valence-corrected chi connectivity index (χ4v) is 2.64. The quantitative estimate of drug-likeness (QED) is 0.908. The number of amides is 2. The second kappa shape index (κ2) is 5.40. The van der Waals surface area contributed by atoms with E-state index in [9.17, 15) is 9.59 Å². The van der Waals surface area contributed by atoms with Crippen LogP contribution in [0.3, 0.4) is 0 Å². The van der Waals surface area contributed by atoms with E-state index in [1.165, 1.54) is 6.92 Å². The molecule has 3 rings (SSSR count). The van der Waals surface area contributed by atoms with E-state index in [0.29, 0.717) is 6.42 Å². The lowest BCUT2D eigenvalue weighted by Gasteiger charge is -2.10.